The number of nitrogens with two attached hydrogens (primary N) is 1. The summed E-state index contributed by atoms with van der Waals surface area (Å²) in [7, 11) is 1.24. The normalized spacial score (nSPS) is 19.2. The van der Waals surface area contributed by atoms with Crippen LogP contribution in [0.15, 0.2) is 55.1 Å². The van der Waals surface area contributed by atoms with Crippen LogP contribution in [0.3, 0.4) is 0 Å². The summed E-state index contributed by atoms with van der Waals surface area (Å²) < 4.78 is 44.8. The van der Waals surface area contributed by atoms with E-state index in [0.29, 0.717) is 24.3 Å². The highest BCUT2D eigenvalue weighted by Gasteiger charge is 2.42. The van der Waals surface area contributed by atoms with Gasteiger partial charge >= 0.3 is 12.1 Å². The maximum Gasteiger partial charge on any atom is 0.416 e. The highest BCUT2D eigenvalue weighted by atomic mass is 19.4. The first kappa shape index (κ1) is 27.0. The van der Waals surface area contributed by atoms with E-state index in [4.69, 9.17) is 10.6 Å². The van der Waals surface area contributed by atoms with Crippen molar-refractivity contribution in [3.63, 3.8) is 0 Å². The van der Waals surface area contributed by atoms with Crippen LogP contribution in [-0.4, -0.2) is 60.2 Å². The Bertz CT molecular complexity index is 1250. The van der Waals surface area contributed by atoms with Gasteiger partial charge in [-0.25, -0.2) is 15.6 Å². The molecule has 2 aromatic carbocycles. The van der Waals surface area contributed by atoms with Crippen molar-refractivity contribution >= 4 is 29.2 Å². The summed E-state index contributed by atoms with van der Waals surface area (Å²) in [5, 5.41) is 3.93. The summed E-state index contributed by atoms with van der Waals surface area (Å²) >= 11 is 0. The second kappa shape index (κ2) is 10.7. The van der Waals surface area contributed by atoms with Crippen LogP contribution in [0.2, 0.25) is 0 Å². The third-order valence-electron chi connectivity index (χ3n) is 6.71. The molecule has 4 rings (SSSR count). The molecule has 2 aliphatic rings. The number of likely N-dealkylation sites (tertiary alicyclic amines) is 1. The van der Waals surface area contributed by atoms with Gasteiger partial charge in [-0.2, -0.15) is 13.2 Å². The average molecular weight is 532 g/mol. The van der Waals surface area contributed by atoms with Crippen LogP contribution in [0, 0.1) is 0 Å². The van der Waals surface area contributed by atoms with E-state index in [2.05, 4.69) is 11.9 Å². The molecule has 0 bridgehead atoms. The van der Waals surface area contributed by atoms with Crippen LogP contribution in [0.1, 0.15) is 45.5 Å². The van der Waals surface area contributed by atoms with Crippen LogP contribution in [0.4, 0.5) is 24.5 Å². The van der Waals surface area contributed by atoms with Crippen molar-refractivity contribution in [1.82, 2.24) is 9.91 Å². The number of hydrazine groups is 1. The van der Waals surface area contributed by atoms with E-state index in [1.54, 1.807) is 28.0 Å². The number of ether oxygens (including phenoxy) is 1. The van der Waals surface area contributed by atoms with Gasteiger partial charge in [-0.05, 0) is 55.7 Å². The Morgan fingerprint density at radius 2 is 1.92 bits per heavy atom. The Kier molecular flexibility index (Phi) is 7.63. The number of anilines is 2. The maximum absolute atomic E-state index is 13.3. The third kappa shape index (κ3) is 5.17. The fourth-order valence-electron chi connectivity index (χ4n) is 4.89. The Labute approximate surface area is 217 Å². The molecule has 1 fully saturated rings. The smallest absolute Gasteiger partial charge is 0.416 e. The van der Waals surface area contributed by atoms with E-state index in [1.165, 1.54) is 19.3 Å². The van der Waals surface area contributed by atoms with E-state index < -0.39 is 35.9 Å². The lowest BCUT2D eigenvalue weighted by Gasteiger charge is -2.39. The predicted octanol–water partition coefficient (Wildman–Crippen LogP) is 3.59. The summed E-state index contributed by atoms with van der Waals surface area (Å²) in [4.78, 5) is 41.9. The first-order valence-electron chi connectivity index (χ1n) is 12.0. The minimum Gasteiger partial charge on any atom is -0.465 e. The summed E-state index contributed by atoms with van der Waals surface area (Å²) in [5.41, 5.74) is -0.111. The zero-order chi connectivity index (χ0) is 27.6. The highest BCUT2D eigenvalue weighted by Crippen LogP contribution is 2.41. The zero-order valence-corrected chi connectivity index (χ0v) is 20.7. The lowest BCUT2D eigenvalue weighted by Crippen LogP contribution is -2.60. The second-order valence-corrected chi connectivity index (χ2v) is 9.05. The number of benzene rings is 2. The van der Waals surface area contributed by atoms with Crippen molar-refractivity contribution in [2.75, 3.05) is 30.4 Å². The number of methoxy groups -OCH3 is 1. The number of halogens is 3. The summed E-state index contributed by atoms with van der Waals surface area (Å²) in [6.45, 7) is 4.33. The number of esters is 1. The number of fused-ring (bicyclic) bond motifs is 1. The highest BCUT2D eigenvalue weighted by molar-refractivity contribution is 6.02. The molecule has 202 valence electrons. The Balaban J connectivity index is 1.76. The number of hydrogen-bond donors (Lipinski definition) is 2. The van der Waals surface area contributed by atoms with Crippen molar-refractivity contribution < 1.29 is 32.3 Å². The summed E-state index contributed by atoms with van der Waals surface area (Å²) in [5.74, 6) is 4.56. The molecule has 2 aliphatic heterocycles. The molecule has 38 heavy (non-hydrogen) atoms. The molecule has 2 amide bonds. The fourth-order valence-corrected chi connectivity index (χ4v) is 4.89. The van der Waals surface area contributed by atoms with E-state index in [1.807, 2.05) is 0 Å². The molecule has 2 unspecified atom stereocenters. The monoisotopic (exact) mass is 531 g/mol. The number of para-hydroxylation sites is 1. The third-order valence-corrected chi connectivity index (χ3v) is 6.71. The van der Waals surface area contributed by atoms with Crippen LogP contribution in [0.25, 0.3) is 0 Å². The summed E-state index contributed by atoms with van der Waals surface area (Å²) in [6, 6.07) is 8.50. The molecular formula is C26H28F3N5O4. The van der Waals surface area contributed by atoms with Gasteiger partial charge < -0.3 is 19.9 Å². The molecule has 9 nitrogen and oxygen atoms in total. The Morgan fingerprint density at radius 1 is 1.18 bits per heavy atom. The number of carbonyl (C=O) groups excluding carboxylic acids is 3. The lowest BCUT2D eigenvalue weighted by atomic mass is 10.1. The molecule has 2 atom stereocenters. The number of carbonyl (C=O) groups is 3. The minimum atomic E-state index is -4.64. The predicted molar refractivity (Wildman–Crippen MR) is 134 cm³/mol. The first-order valence-corrected chi connectivity index (χ1v) is 12.0. The van der Waals surface area contributed by atoms with Crippen LogP contribution >= 0.6 is 0 Å². The molecule has 3 N–H and O–H groups in total. The van der Waals surface area contributed by atoms with Gasteiger partial charge in [0, 0.05) is 18.7 Å². The number of amides is 2. The fraction of sp³-hybridized carbons (Fsp3) is 0.346. The van der Waals surface area contributed by atoms with E-state index in [-0.39, 0.29) is 23.6 Å². The summed E-state index contributed by atoms with van der Waals surface area (Å²) in [6.07, 6.45) is -2.40. The largest absolute Gasteiger partial charge is 0.465 e. The number of hydrogen-bond acceptors (Lipinski definition) is 7. The number of alkyl halides is 3. The lowest BCUT2D eigenvalue weighted by molar-refractivity contribution is -0.137. The van der Waals surface area contributed by atoms with Gasteiger partial charge in [0.1, 0.15) is 0 Å². The van der Waals surface area contributed by atoms with Gasteiger partial charge in [-0.15, -0.1) is 0 Å². The molecule has 0 spiro atoms. The molecular weight excluding hydrogens is 503 g/mol. The van der Waals surface area contributed by atoms with Gasteiger partial charge in [-0.3, -0.25) is 9.59 Å². The van der Waals surface area contributed by atoms with Crippen LogP contribution in [-0.2, 0) is 15.7 Å². The SMILES string of the molecule is C=CC(=O)N1CCCCC(N2c3c(cccc3C(=O)OC)NC2N(N)C(=O)c2cccc(C(F)(F)F)c2)C1. The van der Waals surface area contributed by atoms with Crippen molar-refractivity contribution in [3.05, 3.63) is 71.8 Å². The van der Waals surface area contributed by atoms with Crippen LogP contribution < -0.4 is 16.1 Å². The number of nitrogens with zero attached hydrogens (tertiary/aromatic N) is 3. The molecule has 12 heteroatoms. The molecule has 0 saturated carbocycles. The van der Waals surface area contributed by atoms with E-state index >= 15 is 0 Å². The van der Waals surface area contributed by atoms with E-state index in [0.717, 1.165) is 36.0 Å². The van der Waals surface area contributed by atoms with Gasteiger partial charge in [0.15, 0.2) is 6.29 Å². The standard InChI is InChI=1S/C26H28F3N5O4/c1-3-21(35)32-13-5-4-10-18(15-32)33-22-19(24(37)38-2)11-7-12-20(22)31-25(33)34(30)23(36)16-8-6-9-17(14-16)26(27,28)29/h3,6-9,11-12,14,18,25,31H,1,4-5,10,13,15,30H2,2H3. The minimum absolute atomic E-state index is 0.214. The number of nitrogens with one attached hydrogen (secondary N) is 1. The Hall–Kier alpha value is -4.06. The molecule has 2 aromatic rings. The van der Waals surface area contributed by atoms with Crippen molar-refractivity contribution in [1.29, 1.82) is 0 Å². The van der Waals surface area contributed by atoms with Gasteiger partial charge in [0.2, 0.25) is 5.91 Å². The quantitative estimate of drug-likeness (QED) is 0.200. The first-order chi connectivity index (χ1) is 18.1. The van der Waals surface area contributed by atoms with Crippen LogP contribution in [0.5, 0.6) is 0 Å². The van der Waals surface area contributed by atoms with Crippen molar-refractivity contribution in [2.24, 2.45) is 5.84 Å². The molecule has 0 aliphatic carbocycles. The average Bonchev–Trinajstić information content (AvgIpc) is 3.14. The van der Waals surface area contributed by atoms with Crippen molar-refractivity contribution in [2.45, 2.75) is 37.8 Å². The van der Waals surface area contributed by atoms with Crippen molar-refractivity contribution in [3.8, 4) is 0 Å². The molecule has 0 aromatic heterocycles. The second-order valence-electron chi connectivity index (χ2n) is 9.05. The topological polar surface area (TPSA) is 108 Å². The van der Waals surface area contributed by atoms with Gasteiger partial charge in [0.25, 0.3) is 5.91 Å². The van der Waals surface area contributed by atoms with E-state index in [9.17, 15) is 27.6 Å². The number of rotatable bonds is 5. The molecule has 0 radical (unpaired) electrons. The molecule has 2 heterocycles. The van der Waals surface area contributed by atoms with Gasteiger partial charge in [-0.1, -0.05) is 18.7 Å². The zero-order valence-electron chi connectivity index (χ0n) is 20.7. The Morgan fingerprint density at radius 3 is 2.61 bits per heavy atom. The van der Waals surface area contributed by atoms with Gasteiger partial charge in [0.05, 0.1) is 35.7 Å². The maximum atomic E-state index is 13.3. The molecule has 1 saturated heterocycles.